The number of rotatable bonds is 0. The highest BCUT2D eigenvalue weighted by atomic mass is 127. The highest BCUT2D eigenvalue weighted by Crippen LogP contribution is 2.47. The number of likely N-dealkylation sites (tertiary alicyclic amines) is 1. The van der Waals surface area contributed by atoms with Crippen LogP contribution in [-0.2, 0) is 0 Å². The maximum Gasteiger partial charge on any atom is 0.131 e. The first kappa shape index (κ1) is 14.9. The van der Waals surface area contributed by atoms with Crippen molar-refractivity contribution in [2.45, 2.75) is 40.5 Å². The fraction of sp³-hybridized carbons (Fsp3) is 0.846. The van der Waals surface area contributed by atoms with Gasteiger partial charge in [-0.3, -0.25) is 4.99 Å². The Labute approximate surface area is 122 Å². The summed E-state index contributed by atoms with van der Waals surface area (Å²) >= 11 is 0. The molecule has 0 saturated carbocycles. The monoisotopic (exact) mass is 349 g/mol. The SMILES string of the molecule is CN=C1N=C(N2CCCC2)C(C)(C)C1(C)C.I. The highest BCUT2D eigenvalue weighted by Gasteiger charge is 2.51. The predicted molar refractivity (Wildman–Crippen MR) is 84.6 cm³/mol. The van der Waals surface area contributed by atoms with Gasteiger partial charge >= 0.3 is 0 Å². The molecule has 0 aromatic carbocycles. The van der Waals surface area contributed by atoms with Crippen molar-refractivity contribution in [3.63, 3.8) is 0 Å². The van der Waals surface area contributed by atoms with Crippen LogP contribution in [0.25, 0.3) is 0 Å². The molecule has 3 nitrogen and oxygen atoms in total. The first-order chi connectivity index (χ1) is 7.41. The molecule has 0 unspecified atom stereocenters. The van der Waals surface area contributed by atoms with Gasteiger partial charge < -0.3 is 4.90 Å². The van der Waals surface area contributed by atoms with E-state index in [-0.39, 0.29) is 34.8 Å². The van der Waals surface area contributed by atoms with Crippen LogP contribution in [0.4, 0.5) is 0 Å². The average Bonchev–Trinajstić information content (AvgIpc) is 2.75. The molecule has 0 aliphatic carbocycles. The van der Waals surface area contributed by atoms with E-state index in [1.807, 2.05) is 7.05 Å². The summed E-state index contributed by atoms with van der Waals surface area (Å²) in [5.41, 5.74) is 0.131. The van der Waals surface area contributed by atoms with Crippen molar-refractivity contribution in [1.29, 1.82) is 0 Å². The summed E-state index contributed by atoms with van der Waals surface area (Å²) in [6, 6.07) is 0. The summed E-state index contributed by atoms with van der Waals surface area (Å²) in [7, 11) is 1.85. The van der Waals surface area contributed by atoms with E-state index in [1.54, 1.807) is 0 Å². The van der Waals surface area contributed by atoms with Gasteiger partial charge in [0.15, 0.2) is 0 Å². The van der Waals surface area contributed by atoms with E-state index >= 15 is 0 Å². The molecule has 0 radical (unpaired) electrons. The third-order valence-corrected chi connectivity index (χ3v) is 4.51. The number of nitrogens with zero attached hydrogens (tertiary/aromatic N) is 3. The van der Waals surface area contributed by atoms with Crippen molar-refractivity contribution in [2.75, 3.05) is 20.1 Å². The van der Waals surface area contributed by atoms with Gasteiger partial charge in [0.05, 0.1) is 0 Å². The van der Waals surface area contributed by atoms with E-state index in [0.29, 0.717) is 0 Å². The number of halogens is 1. The normalized spacial score (nSPS) is 28.2. The van der Waals surface area contributed by atoms with Crippen LogP contribution in [0.1, 0.15) is 40.5 Å². The number of amidine groups is 2. The zero-order valence-corrected chi connectivity index (χ0v) is 13.9. The van der Waals surface area contributed by atoms with Crippen LogP contribution in [0.15, 0.2) is 9.98 Å². The third-order valence-electron chi connectivity index (χ3n) is 4.51. The van der Waals surface area contributed by atoms with Crippen LogP contribution in [0.3, 0.4) is 0 Å². The van der Waals surface area contributed by atoms with Gasteiger partial charge in [0, 0.05) is 31.0 Å². The first-order valence-corrected chi connectivity index (χ1v) is 6.22. The standard InChI is InChI=1S/C13H23N3.HI/c1-12(2)10(14-5)15-11(13(12,3)4)16-8-6-7-9-16;/h6-9H2,1-5H3;1H. The lowest BCUT2D eigenvalue weighted by Crippen LogP contribution is -2.44. The van der Waals surface area contributed by atoms with Crippen molar-refractivity contribution in [3.05, 3.63) is 0 Å². The second-order valence-corrected chi connectivity index (χ2v) is 5.93. The molecule has 0 atom stereocenters. The van der Waals surface area contributed by atoms with Gasteiger partial charge in [-0.05, 0) is 12.8 Å². The fourth-order valence-electron chi connectivity index (χ4n) is 2.66. The third kappa shape index (κ3) is 2.13. The Morgan fingerprint density at radius 3 is 2.00 bits per heavy atom. The average molecular weight is 349 g/mol. The lowest BCUT2D eigenvalue weighted by molar-refractivity contribution is 0.270. The van der Waals surface area contributed by atoms with Crippen molar-refractivity contribution < 1.29 is 0 Å². The van der Waals surface area contributed by atoms with Crippen LogP contribution in [0.2, 0.25) is 0 Å². The molecule has 0 N–H and O–H groups in total. The van der Waals surface area contributed by atoms with E-state index < -0.39 is 0 Å². The molecule has 2 aliphatic heterocycles. The maximum absolute atomic E-state index is 4.79. The minimum atomic E-state index is 0. The molecule has 0 aromatic heterocycles. The molecule has 1 saturated heterocycles. The first-order valence-electron chi connectivity index (χ1n) is 6.22. The van der Waals surface area contributed by atoms with Crippen molar-refractivity contribution in [3.8, 4) is 0 Å². The molecule has 98 valence electrons. The summed E-state index contributed by atoms with van der Waals surface area (Å²) in [6.07, 6.45) is 2.60. The molecular weight excluding hydrogens is 325 g/mol. The second kappa shape index (κ2) is 4.86. The van der Waals surface area contributed by atoms with Crippen LogP contribution < -0.4 is 0 Å². The van der Waals surface area contributed by atoms with Gasteiger partial charge in [0.2, 0.25) is 0 Å². The van der Waals surface area contributed by atoms with Gasteiger partial charge in [0.1, 0.15) is 11.7 Å². The van der Waals surface area contributed by atoms with Gasteiger partial charge in [-0.2, -0.15) is 0 Å². The summed E-state index contributed by atoms with van der Waals surface area (Å²) in [5.74, 6) is 2.25. The zero-order chi connectivity index (χ0) is 12.0. The lowest BCUT2D eigenvalue weighted by atomic mass is 9.68. The highest BCUT2D eigenvalue weighted by molar-refractivity contribution is 14.0. The van der Waals surface area contributed by atoms with E-state index in [0.717, 1.165) is 18.9 Å². The summed E-state index contributed by atoms with van der Waals surface area (Å²) in [5, 5.41) is 0. The summed E-state index contributed by atoms with van der Waals surface area (Å²) in [6.45, 7) is 11.4. The Morgan fingerprint density at radius 1 is 1.06 bits per heavy atom. The summed E-state index contributed by atoms with van der Waals surface area (Å²) in [4.78, 5) is 11.6. The van der Waals surface area contributed by atoms with E-state index in [1.165, 1.54) is 18.7 Å². The van der Waals surface area contributed by atoms with E-state index in [9.17, 15) is 0 Å². The molecular formula is C13H24IN3. The molecule has 0 spiro atoms. The zero-order valence-electron chi connectivity index (χ0n) is 11.6. The molecule has 0 aromatic rings. The Hall–Kier alpha value is -0.130. The molecule has 0 bridgehead atoms. The Morgan fingerprint density at radius 2 is 1.59 bits per heavy atom. The smallest absolute Gasteiger partial charge is 0.131 e. The molecule has 4 heteroatoms. The van der Waals surface area contributed by atoms with Crippen molar-refractivity contribution >= 4 is 35.6 Å². The van der Waals surface area contributed by atoms with Gasteiger partial charge in [-0.25, -0.2) is 4.99 Å². The van der Waals surface area contributed by atoms with E-state index in [2.05, 4.69) is 37.6 Å². The van der Waals surface area contributed by atoms with Crippen LogP contribution in [0.5, 0.6) is 0 Å². The lowest BCUT2D eigenvalue weighted by Gasteiger charge is -2.38. The largest absolute Gasteiger partial charge is 0.360 e. The van der Waals surface area contributed by atoms with Crippen LogP contribution >= 0.6 is 24.0 Å². The van der Waals surface area contributed by atoms with Gasteiger partial charge in [-0.15, -0.1) is 24.0 Å². The molecule has 2 aliphatic rings. The number of hydrogen-bond donors (Lipinski definition) is 0. The molecule has 2 heterocycles. The maximum atomic E-state index is 4.79. The molecule has 0 amide bonds. The predicted octanol–water partition coefficient (Wildman–Crippen LogP) is 3.19. The second-order valence-electron chi connectivity index (χ2n) is 5.93. The minimum absolute atomic E-state index is 0. The van der Waals surface area contributed by atoms with Crippen molar-refractivity contribution in [1.82, 2.24) is 4.90 Å². The minimum Gasteiger partial charge on any atom is -0.360 e. The number of aliphatic imine (C=N–C) groups is 2. The van der Waals surface area contributed by atoms with Crippen LogP contribution in [0, 0.1) is 10.8 Å². The van der Waals surface area contributed by atoms with Crippen molar-refractivity contribution in [2.24, 2.45) is 20.8 Å². The Kier molecular flexibility index (Phi) is 4.27. The Bertz CT molecular complexity index is 350. The van der Waals surface area contributed by atoms with Gasteiger partial charge in [-0.1, -0.05) is 27.7 Å². The van der Waals surface area contributed by atoms with E-state index in [4.69, 9.17) is 4.99 Å². The fourth-order valence-corrected chi connectivity index (χ4v) is 2.66. The van der Waals surface area contributed by atoms with Gasteiger partial charge in [0.25, 0.3) is 0 Å². The van der Waals surface area contributed by atoms with Crippen LogP contribution in [-0.4, -0.2) is 36.7 Å². The molecule has 2 rings (SSSR count). The Balaban J connectivity index is 0.00000144. The molecule has 17 heavy (non-hydrogen) atoms. The molecule has 1 fully saturated rings. The number of hydrogen-bond acceptors (Lipinski definition) is 2. The quantitative estimate of drug-likeness (QED) is 0.618. The topological polar surface area (TPSA) is 28.0 Å². The summed E-state index contributed by atoms with van der Waals surface area (Å²) < 4.78 is 0.